The Bertz CT molecular complexity index is 555. The fourth-order valence-electron chi connectivity index (χ4n) is 2.51. The molecule has 2 rings (SSSR count). The molecule has 0 aliphatic carbocycles. The van der Waals surface area contributed by atoms with Gasteiger partial charge in [0.2, 0.25) is 5.91 Å². The van der Waals surface area contributed by atoms with E-state index in [-0.39, 0.29) is 24.4 Å². The maximum atomic E-state index is 12.6. The standard InChI is InChI=1S/C18H26N2O2S2/c1-4-20(12-16(21)19-13(2)3)17(22)14-6-8-15(9-7-14)18-23-10-5-11-24-18/h6-9,13,18H,4-5,10-12H2,1-3H3,(H,19,21). The number of hydrogen-bond donors (Lipinski definition) is 1. The third kappa shape index (κ3) is 5.45. The number of benzene rings is 1. The summed E-state index contributed by atoms with van der Waals surface area (Å²) in [6.45, 7) is 6.33. The summed E-state index contributed by atoms with van der Waals surface area (Å²) in [5.41, 5.74) is 1.91. The van der Waals surface area contributed by atoms with Gasteiger partial charge in [-0.05, 0) is 56.4 Å². The number of amides is 2. The van der Waals surface area contributed by atoms with Gasteiger partial charge in [0.05, 0.1) is 11.1 Å². The number of rotatable bonds is 6. The molecular formula is C18H26N2O2S2. The van der Waals surface area contributed by atoms with Crippen LogP contribution in [0.3, 0.4) is 0 Å². The van der Waals surface area contributed by atoms with Gasteiger partial charge < -0.3 is 10.2 Å². The molecule has 1 fully saturated rings. The number of carbonyl (C=O) groups is 2. The summed E-state index contributed by atoms with van der Waals surface area (Å²) < 4.78 is 0.474. The van der Waals surface area contributed by atoms with Crippen LogP contribution in [0.25, 0.3) is 0 Å². The van der Waals surface area contributed by atoms with Crippen LogP contribution in [0.4, 0.5) is 0 Å². The Morgan fingerprint density at radius 3 is 2.38 bits per heavy atom. The normalized spacial score (nSPS) is 15.3. The van der Waals surface area contributed by atoms with E-state index in [9.17, 15) is 9.59 Å². The molecule has 0 saturated carbocycles. The molecule has 1 aromatic rings. The summed E-state index contributed by atoms with van der Waals surface area (Å²) in [4.78, 5) is 26.1. The first-order valence-electron chi connectivity index (χ1n) is 8.43. The fourth-order valence-corrected chi connectivity index (χ4v) is 5.41. The lowest BCUT2D eigenvalue weighted by Crippen LogP contribution is -2.42. The second kappa shape index (κ2) is 9.37. The van der Waals surface area contributed by atoms with Crippen LogP contribution in [0.1, 0.15) is 47.7 Å². The molecule has 6 heteroatoms. The van der Waals surface area contributed by atoms with Gasteiger partial charge in [-0.3, -0.25) is 9.59 Å². The minimum atomic E-state index is -0.119. The maximum Gasteiger partial charge on any atom is 0.254 e. The second-order valence-corrected chi connectivity index (χ2v) is 8.81. The molecule has 0 aromatic heterocycles. The molecule has 2 amide bonds. The number of nitrogens with zero attached hydrogens (tertiary/aromatic N) is 1. The number of likely N-dealkylation sites (N-methyl/N-ethyl adjacent to an activating group) is 1. The average Bonchev–Trinajstić information content (AvgIpc) is 2.59. The van der Waals surface area contributed by atoms with Gasteiger partial charge in [-0.15, -0.1) is 23.5 Å². The van der Waals surface area contributed by atoms with Crippen LogP contribution in [0.2, 0.25) is 0 Å². The first-order chi connectivity index (χ1) is 11.5. The third-order valence-corrected chi connectivity index (χ3v) is 6.73. The van der Waals surface area contributed by atoms with E-state index in [1.807, 2.05) is 68.6 Å². The van der Waals surface area contributed by atoms with Crippen molar-refractivity contribution in [2.24, 2.45) is 0 Å². The molecule has 0 radical (unpaired) electrons. The third-order valence-electron chi connectivity index (χ3n) is 3.71. The molecular weight excluding hydrogens is 340 g/mol. The SMILES string of the molecule is CCN(CC(=O)NC(C)C)C(=O)c1ccc(C2SCCCS2)cc1. The Morgan fingerprint density at radius 1 is 1.21 bits per heavy atom. The Balaban J connectivity index is 2.00. The highest BCUT2D eigenvalue weighted by Gasteiger charge is 2.20. The molecule has 1 N–H and O–H groups in total. The highest BCUT2D eigenvalue weighted by Crippen LogP contribution is 2.43. The zero-order valence-corrected chi connectivity index (χ0v) is 16.2. The molecule has 1 heterocycles. The molecule has 1 aliphatic heterocycles. The molecule has 0 unspecified atom stereocenters. The van der Waals surface area contributed by atoms with Gasteiger partial charge in [0, 0.05) is 18.2 Å². The van der Waals surface area contributed by atoms with E-state index < -0.39 is 0 Å². The van der Waals surface area contributed by atoms with Gasteiger partial charge >= 0.3 is 0 Å². The number of nitrogens with one attached hydrogen (secondary N) is 1. The first kappa shape index (κ1) is 19.2. The largest absolute Gasteiger partial charge is 0.352 e. The van der Waals surface area contributed by atoms with Gasteiger partial charge in [0.25, 0.3) is 5.91 Å². The van der Waals surface area contributed by atoms with Crippen molar-refractivity contribution < 1.29 is 9.59 Å². The summed E-state index contributed by atoms with van der Waals surface area (Å²) >= 11 is 3.94. The van der Waals surface area contributed by atoms with Gasteiger partial charge in [-0.1, -0.05) is 12.1 Å². The van der Waals surface area contributed by atoms with Crippen LogP contribution in [0.5, 0.6) is 0 Å². The monoisotopic (exact) mass is 366 g/mol. The first-order valence-corrected chi connectivity index (χ1v) is 10.5. The quantitative estimate of drug-likeness (QED) is 0.837. The molecule has 0 bridgehead atoms. The summed E-state index contributed by atoms with van der Waals surface area (Å²) in [5.74, 6) is 2.19. The van der Waals surface area contributed by atoms with E-state index in [4.69, 9.17) is 0 Å². The zero-order chi connectivity index (χ0) is 17.5. The number of thioether (sulfide) groups is 2. The summed E-state index contributed by atoms with van der Waals surface area (Å²) in [7, 11) is 0. The molecule has 4 nitrogen and oxygen atoms in total. The summed E-state index contributed by atoms with van der Waals surface area (Å²) in [6.07, 6.45) is 1.27. The van der Waals surface area contributed by atoms with E-state index >= 15 is 0 Å². The van der Waals surface area contributed by atoms with Gasteiger partial charge in [0.15, 0.2) is 0 Å². The Labute approximate surface area is 153 Å². The number of carbonyl (C=O) groups excluding carboxylic acids is 2. The van der Waals surface area contributed by atoms with Crippen LogP contribution >= 0.6 is 23.5 Å². The van der Waals surface area contributed by atoms with Crippen LogP contribution in [0, 0.1) is 0 Å². The highest BCUT2D eigenvalue weighted by atomic mass is 32.2. The van der Waals surface area contributed by atoms with E-state index in [0.29, 0.717) is 16.7 Å². The van der Waals surface area contributed by atoms with Gasteiger partial charge in [0.1, 0.15) is 0 Å². The van der Waals surface area contributed by atoms with Gasteiger partial charge in [-0.25, -0.2) is 0 Å². The fraction of sp³-hybridized carbons (Fsp3) is 0.556. The Hall–Kier alpha value is -1.14. The minimum Gasteiger partial charge on any atom is -0.352 e. The highest BCUT2D eigenvalue weighted by molar-refractivity contribution is 8.16. The molecule has 132 valence electrons. The van der Waals surface area contributed by atoms with Crippen molar-refractivity contribution in [1.82, 2.24) is 10.2 Å². The van der Waals surface area contributed by atoms with Crippen molar-refractivity contribution in [3.63, 3.8) is 0 Å². The zero-order valence-electron chi connectivity index (χ0n) is 14.6. The van der Waals surface area contributed by atoms with E-state index in [1.54, 1.807) is 4.90 Å². The van der Waals surface area contributed by atoms with E-state index in [1.165, 1.54) is 23.5 Å². The van der Waals surface area contributed by atoms with Crippen molar-refractivity contribution in [3.05, 3.63) is 35.4 Å². The van der Waals surface area contributed by atoms with Crippen LogP contribution in [-0.4, -0.2) is 47.4 Å². The van der Waals surface area contributed by atoms with Crippen LogP contribution < -0.4 is 5.32 Å². The van der Waals surface area contributed by atoms with E-state index in [0.717, 1.165) is 0 Å². The van der Waals surface area contributed by atoms with Crippen molar-refractivity contribution in [1.29, 1.82) is 0 Å². The lowest BCUT2D eigenvalue weighted by atomic mass is 10.1. The Kier molecular flexibility index (Phi) is 7.49. The maximum absolute atomic E-state index is 12.6. The molecule has 1 aliphatic rings. The van der Waals surface area contributed by atoms with Crippen molar-refractivity contribution >= 4 is 35.3 Å². The predicted octanol–water partition coefficient (Wildman–Crippen LogP) is 3.54. The molecule has 0 atom stereocenters. The second-order valence-electron chi connectivity index (χ2n) is 6.09. The van der Waals surface area contributed by atoms with Crippen molar-refractivity contribution in [2.45, 2.75) is 37.8 Å². The predicted molar refractivity (Wildman–Crippen MR) is 104 cm³/mol. The summed E-state index contributed by atoms with van der Waals surface area (Å²) in [5, 5.41) is 2.83. The lowest BCUT2D eigenvalue weighted by Gasteiger charge is -2.23. The van der Waals surface area contributed by atoms with Gasteiger partial charge in [-0.2, -0.15) is 0 Å². The van der Waals surface area contributed by atoms with E-state index in [2.05, 4.69) is 5.32 Å². The summed E-state index contributed by atoms with van der Waals surface area (Å²) in [6, 6.07) is 7.94. The Morgan fingerprint density at radius 2 is 1.83 bits per heavy atom. The van der Waals surface area contributed by atoms with Crippen LogP contribution in [0.15, 0.2) is 24.3 Å². The lowest BCUT2D eigenvalue weighted by molar-refractivity contribution is -0.122. The minimum absolute atomic E-state index is 0.0797. The molecule has 1 saturated heterocycles. The molecule has 1 aromatic carbocycles. The smallest absolute Gasteiger partial charge is 0.254 e. The van der Waals surface area contributed by atoms with Crippen molar-refractivity contribution in [2.75, 3.05) is 24.6 Å². The number of hydrogen-bond acceptors (Lipinski definition) is 4. The topological polar surface area (TPSA) is 49.4 Å². The average molecular weight is 367 g/mol. The van der Waals surface area contributed by atoms with Crippen LogP contribution in [-0.2, 0) is 4.79 Å². The molecule has 0 spiro atoms. The van der Waals surface area contributed by atoms with Crippen molar-refractivity contribution in [3.8, 4) is 0 Å². The molecule has 24 heavy (non-hydrogen) atoms.